The normalized spacial score (nSPS) is 10.2. The lowest BCUT2D eigenvalue weighted by Crippen LogP contribution is -2.14. The first-order valence-corrected chi connectivity index (χ1v) is 7.67. The third-order valence-corrected chi connectivity index (χ3v) is 3.42. The van der Waals surface area contributed by atoms with Gasteiger partial charge in [0.25, 0.3) is 5.69 Å². The van der Waals surface area contributed by atoms with Crippen LogP contribution in [0.5, 0.6) is 11.5 Å². The zero-order valence-corrected chi connectivity index (χ0v) is 14.0. The van der Waals surface area contributed by atoms with Crippen molar-refractivity contribution in [3.63, 3.8) is 0 Å². The molecule has 0 aliphatic heterocycles. The number of nitrogens with one attached hydrogen (secondary N) is 1. The third kappa shape index (κ3) is 5.45. The Hall–Kier alpha value is -3.16. The van der Waals surface area contributed by atoms with Crippen molar-refractivity contribution in [2.24, 2.45) is 0 Å². The summed E-state index contributed by atoms with van der Waals surface area (Å²) < 4.78 is 10.6. The second-order valence-electron chi connectivity index (χ2n) is 5.29. The minimum atomic E-state index is -0.509. The van der Waals surface area contributed by atoms with Crippen molar-refractivity contribution in [3.05, 3.63) is 52.2 Å². The second-order valence-corrected chi connectivity index (χ2v) is 5.29. The van der Waals surface area contributed by atoms with Crippen molar-refractivity contribution in [3.8, 4) is 11.5 Å². The number of pyridine rings is 1. The number of carbonyl (C=O) groups is 1. The summed E-state index contributed by atoms with van der Waals surface area (Å²) in [5, 5.41) is 13.4. The Morgan fingerprint density at radius 2 is 1.96 bits per heavy atom. The fourth-order valence-electron chi connectivity index (χ4n) is 2.11. The Morgan fingerprint density at radius 1 is 1.28 bits per heavy atom. The van der Waals surface area contributed by atoms with Crippen LogP contribution in [0.4, 0.5) is 11.5 Å². The molecule has 0 fully saturated rings. The van der Waals surface area contributed by atoms with E-state index in [2.05, 4.69) is 10.3 Å². The molecule has 1 amide bonds. The molecule has 1 heterocycles. The lowest BCUT2D eigenvalue weighted by Gasteiger charge is -2.08. The molecule has 0 radical (unpaired) electrons. The van der Waals surface area contributed by atoms with Crippen LogP contribution in [0.2, 0.25) is 0 Å². The summed E-state index contributed by atoms with van der Waals surface area (Å²) in [4.78, 5) is 26.0. The molecule has 0 aliphatic rings. The van der Waals surface area contributed by atoms with E-state index in [4.69, 9.17) is 9.47 Å². The smallest absolute Gasteiger partial charge is 0.290 e. The first-order chi connectivity index (χ1) is 12.0. The van der Waals surface area contributed by atoms with Crippen molar-refractivity contribution < 1.29 is 19.2 Å². The van der Waals surface area contributed by atoms with Crippen molar-refractivity contribution in [1.29, 1.82) is 0 Å². The molecular formula is C17H19N3O5. The van der Waals surface area contributed by atoms with E-state index in [1.807, 2.05) is 0 Å². The van der Waals surface area contributed by atoms with Gasteiger partial charge in [-0.25, -0.2) is 4.98 Å². The number of carbonyl (C=O) groups excluding carboxylic acids is 1. The molecule has 1 aromatic carbocycles. The molecule has 0 aliphatic carbocycles. The molecule has 2 aromatic rings. The summed E-state index contributed by atoms with van der Waals surface area (Å²) in [6.45, 7) is 1.99. The number of amides is 1. The van der Waals surface area contributed by atoms with Crippen LogP contribution in [0, 0.1) is 17.0 Å². The quantitative estimate of drug-likeness (QED) is 0.448. The Labute approximate surface area is 144 Å². The maximum absolute atomic E-state index is 11.9. The predicted molar refractivity (Wildman–Crippen MR) is 92.0 cm³/mol. The van der Waals surface area contributed by atoms with Crippen LogP contribution in [0.15, 0.2) is 36.5 Å². The number of aromatic nitrogens is 1. The summed E-state index contributed by atoms with van der Waals surface area (Å²) in [5.41, 5.74) is 0.365. The number of anilines is 1. The molecule has 8 nitrogen and oxygen atoms in total. The number of benzene rings is 1. The molecule has 0 spiro atoms. The molecule has 2 rings (SSSR count). The Balaban J connectivity index is 1.75. The highest BCUT2D eigenvalue weighted by Gasteiger charge is 2.12. The van der Waals surface area contributed by atoms with Gasteiger partial charge in [0.15, 0.2) is 0 Å². The SMILES string of the molecule is COc1ccc(OCCCC(=O)Nc2cc(C)c([N+](=O)[O-])cn2)cc1. The third-order valence-electron chi connectivity index (χ3n) is 3.42. The largest absolute Gasteiger partial charge is 0.497 e. The zero-order chi connectivity index (χ0) is 18.2. The number of nitro groups is 1. The topological polar surface area (TPSA) is 104 Å². The van der Waals surface area contributed by atoms with Gasteiger partial charge >= 0.3 is 0 Å². The molecule has 0 saturated carbocycles. The Kier molecular flexibility index (Phi) is 6.27. The van der Waals surface area contributed by atoms with Crippen LogP contribution in [0.25, 0.3) is 0 Å². The number of methoxy groups -OCH3 is 1. The number of aryl methyl sites for hydroxylation is 1. The molecule has 25 heavy (non-hydrogen) atoms. The maximum Gasteiger partial charge on any atom is 0.290 e. The summed E-state index contributed by atoms with van der Waals surface area (Å²) in [6.07, 6.45) is 1.93. The van der Waals surface area contributed by atoms with E-state index in [9.17, 15) is 14.9 Å². The predicted octanol–water partition coefficient (Wildman–Crippen LogP) is 3.10. The van der Waals surface area contributed by atoms with E-state index in [1.54, 1.807) is 38.3 Å². The average Bonchev–Trinajstić information content (AvgIpc) is 2.59. The monoisotopic (exact) mass is 345 g/mol. The first kappa shape index (κ1) is 18.2. The van der Waals surface area contributed by atoms with Gasteiger partial charge in [-0.15, -0.1) is 0 Å². The molecule has 1 aromatic heterocycles. The van der Waals surface area contributed by atoms with Crippen LogP contribution < -0.4 is 14.8 Å². The molecule has 1 N–H and O–H groups in total. The molecule has 0 saturated heterocycles. The van der Waals surface area contributed by atoms with Crippen molar-refractivity contribution >= 4 is 17.4 Å². The first-order valence-electron chi connectivity index (χ1n) is 7.67. The lowest BCUT2D eigenvalue weighted by atomic mass is 10.2. The van der Waals surface area contributed by atoms with Crippen LogP contribution in [-0.2, 0) is 4.79 Å². The highest BCUT2D eigenvalue weighted by Crippen LogP contribution is 2.19. The number of hydrogen-bond acceptors (Lipinski definition) is 6. The number of hydrogen-bond donors (Lipinski definition) is 1. The van der Waals surface area contributed by atoms with E-state index >= 15 is 0 Å². The van der Waals surface area contributed by atoms with E-state index < -0.39 is 4.92 Å². The maximum atomic E-state index is 11.9. The lowest BCUT2D eigenvalue weighted by molar-refractivity contribution is -0.385. The number of nitrogens with zero attached hydrogens (tertiary/aromatic N) is 2. The van der Waals surface area contributed by atoms with Gasteiger partial charge in [-0.2, -0.15) is 0 Å². The highest BCUT2D eigenvalue weighted by atomic mass is 16.6. The molecular weight excluding hydrogens is 326 g/mol. The Bertz CT molecular complexity index is 746. The van der Waals surface area contributed by atoms with Gasteiger partial charge in [0, 0.05) is 12.0 Å². The van der Waals surface area contributed by atoms with Gasteiger partial charge in [0.2, 0.25) is 5.91 Å². The van der Waals surface area contributed by atoms with Gasteiger partial charge in [-0.1, -0.05) is 0 Å². The van der Waals surface area contributed by atoms with Crippen molar-refractivity contribution in [2.45, 2.75) is 19.8 Å². The van der Waals surface area contributed by atoms with Crippen LogP contribution in [0.3, 0.4) is 0 Å². The number of ether oxygens (including phenoxy) is 2. The van der Waals surface area contributed by atoms with Crippen LogP contribution in [0.1, 0.15) is 18.4 Å². The summed E-state index contributed by atoms with van der Waals surface area (Å²) in [5.74, 6) is 1.52. The van der Waals surface area contributed by atoms with Gasteiger partial charge in [-0.3, -0.25) is 14.9 Å². The van der Waals surface area contributed by atoms with Gasteiger partial charge in [0.05, 0.1) is 18.6 Å². The fraction of sp³-hybridized carbons (Fsp3) is 0.294. The molecule has 0 atom stereocenters. The van der Waals surface area contributed by atoms with E-state index in [0.717, 1.165) is 11.9 Å². The minimum absolute atomic E-state index is 0.0779. The summed E-state index contributed by atoms with van der Waals surface area (Å²) in [6, 6.07) is 8.66. The molecule has 132 valence electrons. The van der Waals surface area contributed by atoms with Crippen LogP contribution in [-0.4, -0.2) is 29.5 Å². The summed E-state index contributed by atoms with van der Waals surface area (Å²) in [7, 11) is 1.59. The van der Waals surface area contributed by atoms with E-state index in [-0.39, 0.29) is 18.0 Å². The zero-order valence-electron chi connectivity index (χ0n) is 14.0. The molecule has 0 bridgehead atoms. The van der Waals surface area contributed by atoms with Gasteiger partial charge < -0.3 is 14.8 Å². The summed E-state index contributed by atoms with van der Waals surface area (Å²) >= 11 is 0. The molecule has 8 heteroatoms. The Morgan fingerprint density at radius 3 is 2.56 bits per heavy atom. The van der Waals surface area contributed by atoms with E-state index in [1.165, 1.54) is 6.07 Å². The van der Waals surface area contributed by atoms with Crippen molar-refractivity contribution in [2.75, 3.05) is 19.0 Å². The second kappa shape index (κ2) is 8.62. The highest BCUT2D eigenvalue weighted by molar-refractivity contribution is 5.89. The van der Waals surface area contributed by atoms with Gasteiger partial charge in [0.1, 0.15) is 23.5 Å². The minimum Gasteiger partial charge on any atom is -0.497 e. The van der Waals surface area contributed by atoms with Gasteiger partial charge in [-0.05, 0) is 43.7 Å². The number of rotatable bonds is 8. The standard InChI is InChI=1S/C17H19N3O5/c1-12-10-16(18-11-15(12)20(22)23)19-17(21)4-3-9-25-14-7-5-13(24-2)6-8-14/h5-8,10-11H,3-4,9H2,1-2H3,(H,18,19,21). The fourth-order valence-corrected chi connectivity index (χ4v) is 2.11. The molecule has 0 unspecified atom stereocenters. The van der Waals surface area contributed by atoms with Crippen molar-refractivity contribution in [1.82, 2.24) is 4.98 Å². The average molecular weight is 345 g/mol. The van der Waals surface area contributed by atoms with Crippen LogP contribution >= 0.6 is 0 Å². The van der Waals surface area contributed by atoms with E-state index in [0.29, 0.717) is 30.2 Å².